The molecule has 10 heteroatoms. The number of nitrogens with zero attached hydrogens (tertiary/aromatic N) is 5. The second kappa shape index (κ2) is 9.12. The van der Waals surface area contributed by atoms with Gasteiger partial charge in [-0.1, -0.05) is 72.0 Å². The van der Waals surface area contributed by atoms with E-state index in [1.807, 2.05) is 49.2 Å². The lowest BCUT2D eigenvalue weighted by Crippen LogP contribution is -2.22. The molecule has 0 aliphatic heterocycles. The number of halogens is 1. The number of nitrogens with one attached hydrogen (secondary N) is 1. The summed E-state index contributed by atoms with van der Waals surface area (Å²) in [6.07, 6.45) is 1.43. The molecule has 0 unspecified atom stereocenters. The summed E-state index contributed by atoms with van der Waals surface area (Å²) < 4.78 is 0.796. The van der Waals surface area contributed by atoms with Gasteiger partial charge in [0.1, 0.15) is 0 Å². The second-order valence-corrected chi connectivity index (χ2v) is 8.36. The number of anilines is 2. The van der Waals surface area contributed by atoms with Crippen molar-refractivity contribution in [2.75, 3.05) is 23.0 Å². The number of carbonyl (C=O) groups excluding carboxylic acids is 1. The maximum absolute atomic E-state index is 12.6. The Morgan fingerprint density at radius 2 is 2.07 bits per heavy atom. The minimum atomic E-state index is -0.444. The first-order valence-corrected chi connectivity index (χ1v) is 10.3. The van der Waals surface area contributed by atoms with Crippen molar-refractivity contribution in [3.63, 3.8) is 0 Å². The van der Waals surface area contributed by atoms with Crippen LogP contribution in [0.2, 0.25) is 5.02 Å². The zero-order valence-corrected chi connectivity index (χ0v) is 17.1. The van der Waals surface area contributed by atoms with Gasteiger partial charge in [-0.05, 0) is 11.3 Å². The van der Waals surface area contributed by atoms with Crippen LogP contribution in [0, 0.1) is 0 Å². The number of thioether (sulfide) groups is 1. The molecule has 1 aromatic carbocycles. The molecule has 0 aliphatic rings. The van der Waals surface area contributed by atoms with Gasteiger partial charge in [-0.25, -0.2) is 9.97 Å². The first-order chi connectivity index (χ1) is 13.1. The first kappa shape index (κ1) is 19.5. The molecule has 3 aromatic rings. The highest BCUT2D eigenvalue weighted by atomic mass is 35.5. The van der Waals surface area contributed by atoms with Gasteiger partial charge in [-0.15, -0.1) is 10.2 Å². The van der Waals surface area contributed by atoms with Crippen LogP contribution in [0.15, 0.2) is 40.9 Å². The topological polar surface area (TPSA) is 83.9 Å². The third kappa shape index (κ3) is 5.15. The molecule has 0 radical (unpaired) electrons. The van der Waals surface area contributed by atoms with Crippen molar-refractivity contribution in [2.24, 2.45) is 0 Å². The Balaban J connectivity index is 1.74. The van der Waals surface area contributed by atoms with Crippen LogP contribution in [0.1, 0.15) is 23.0 Å². The first-order valence-electron chi connectivity index (χ1n) is 8.12. The molecule has 0 spiro atoms. The van der Waals surface area contributed by atoms with E-state index in [0.717, 1.165) is 15.7 Å². The standard InChI is InChI=1S/C17H17ClN6OS2/c1-3-26-17-23-22-16(27-17)21-14(25)13-12(18)9-19-15(20-13)24(2)10-11-7-5-4-6-8-11/h4-9H,3,10H2,1-2H3,(H,21,22,25). The number of carbonyl (C=O) groups is 1. The Hall–Kier alpha value is -2.23. The summed E-state index contributed by atoms with van der Waals surface area (Å²) in [6, 6.07) is 9.93. The van der Waals surface area contributed by atoms with E-state index < -0.39 is 5.91 Å². The fourth-order valence-electron chi connectivity index (χ4n) is 2.23. The van der Waals surface area contributed by atoms with Crippen LogP contribution < -0.4 is 10.2 Å². The zero-order valence-electron chi connectivity index (χ0n) is 14.7. The second-order valence-electron chi connectivity index (χ2n) is 5.47. The summed E-state index contributed by atoms with van der Waals surface area (Å²) in [5.41, 5.74) is 1.21. The van der Waals surface area contributed by atoms with Gasteiger partial charge in [0.2, 0.25) is 11.1 Å². The molecule has 0 atom stereocenters. The third-order valence-corrected chi connectivity index (χ3v) is 5.58. The molecule has 0 fully saturated rings. The minimum Gasteiger partial charge on any atom is -0.340 e. The molecule has 1 amide bonds. The van der Waals surface area contributed by atoms with Crippen molar-refractivity contribution in [2.45, 2.75) is 17.8 Å². The van der Waals surface area contributed by atoms with Crippen LogP contribution in [0.4, 0.5) is 11.1 Å². The summed E-state index contributed by atoms with van der Waals surface area (Å²) >= 11 is 9.01. The van der Waals surface area contributed by atoms with E-state index in [4.69, 9.17) is 11.6 Å². The number of benzene rings is 1. The predicted molar refractivity (Wildman–Crippen MR) is 110 cm³/mol. The molecule has 0 aliphatic carbocycles. The Labute approximate surface area is 170 Å². The molecule has 0 saturated heterocycles. The third-order valence-electron chi connectivity index (χ3n) is 3.45. The molecule has 7 nitrogen and oxygen atoms in total. The number of hydrogen-bond donors (Lipinski definition) is 1. The molecule has 2 heterocycles. The van der Waals surface area contributed by atoms with E-state index >= 15 is 0 Å². The predicted octanol–water partition coefficient (Wildman–Crippen LogP) is 3.98. The highest BCUT2D eigenvalue weighted by molar-refractivity contribution is 8.01. The van der Waals surface area contributed by atoms with E-state index in [2.05, 4.69) is 25.5 Å². The SMILES string of the molecule is CCSc1nnc(NC(=O)c2nc(N(C)Cc3ccccc3)ncc2Cl)s1. The van der Waals surface area contributed by atoms with Gasteiger partial charge in [0.15, 0.2) is 10.0 Å². The van der Waals surface area contributed by atoms with Crippen LogP contribution in [0.25, 0.3) is 0 Å². The molecular weight excluding hydrogens is 404 g/mol. The van der Waals surface area contributed by atoms with Gasteiger partial charge in [-0.2, -0.15) is 0 Å². The number of rotatable bonds is 7. The summed E-state index contributed by atoms with van der Waals surface area (Å²) in [6.45, 7) is 2.63. The van der Waals surface area contributed by atoms with E-state index in [1.54, 1.807) is 11.8 Å². The molecule has 0 bridgehead atoms. The van der Waals surface area contributed by atoms with Gasteiger partial charge in [0, 0.05) is 13.6 Å². The van der Waals surface area contributed by atoms with E-state index in [9.17, 15) is 4.79 Å². The fraction of sp³-hybridized carbons (Fsp3) is 0.235. The number of hydrogen-bond acceptors (Lipinski definition) is 8. The summed E-state index contributed by atoms with van der Waals surface area (Å²) in [7, 11) is 1.86. The normalized spacial score (nSPS) is 10.6. The van der Waals surface area contributed by atoms with E-state index in [1.165, 1.54) is 17.5 Å². The molecule has 140 valence electrons. The highest BCUT2D eigenvalue weighted by Gasteiger charge is 2.18. The zero-order chi connectivity index (χ0) is 19.2. The molecular formula is C17H17ClN6OS2. The van der Waals surface area contributed by atoms with Gasteiger partial charge >= 0.3 is 0 Å². The van der Waals surface area contributed by atoms with Crippen molar-refractivity contribution >= 4 is 51.7 Å². The van der Waals surface area contributed by atoms with Gasteiger partial charge in [0.25, 0.3) is 5.91 Å². The maximum atomic E-state index is 12.6. The van der Waals surface area contributed by atoms with Crippen LogP contribution in [-0.4, -0.2) is 38.9 Å². The average molecular weight is 421 g/mol. The summed E-state index contributed by atoms with van der Waals surface area (Å²) in [5, 5.41) is 11.3. The summed E-state index contributed by atoms with van der Waals surface area (Å²) in [5.74, 6) is 0.853. The minimum absolute atomic E-state index is 0.0986. The van der Waals surface area contributed by atoms with Gasteiger partial charge in [0.05, 0.1) is 11.2 Å². The maximum Gasteiger partial charge on any atom is 0.277 e. The van der Waals surface area contributed by atoms with E-state index in [0.29, 0.717) is 17.6 Å². The fourth-order valence-corrected chi connectivity index (χ4v) is 4.05. The Morgan fingerprint density at radius 3 is 2.81 bits per heavy atom. The quantitative estimate of drug-likeness (QED) is 0.457. The monoisotopic (exact) mass is 420 g/mol. The van der Waals surface area contributed by atoms with Crippen molar-refractivity contribution in [3.8, 4) is 0 Å². The molecule has 1 N–H and O–H groups in total. The van der Waals surface area contributed by atoms with Gasteiger partial charge < -0.3 is 4.90 Å². The summed E-state index contributed by atoms with van der Waals surface area (Å²) in [4.78, 5) is 23.0. The largest absolute Gasteiger partial charge is 0.340 e. The number of aromatic nitrogens is 4. The Morgan fingerprint density at radius 1 is 1.30 bits per heavy atom. The van der Waals surface area contributed by atoms with Crippen LogP contribution in [-0.2, 0) is 6.54 Å². The van der Waals surface area contributed by atoms with Crippen molar-refractivity contribution in [1.29, 1.82) is 0 Å². The lowest BCUT2D eigenvalue weighted by molar-refractivity contribution is 0.102. The molecule has 2 aromatic heterocycles. The number of amides is 1. The van der Waals surface area contributed by atoms with Crippen LogP contribution in [0.3, 0.4) is 0 Å². The van der Waals surface area contributed by atoms with Crippen LogP contribution >= 0.6 is 34.7 Å². The van der Waals surface area contributed by atoms with E-state index in [-0.39, 0.29) is 10.7 Å². The van der Waals surface area contributed by atoms with Gasteiger partial charge in [-0.3, -0.25) is 10.1 Å². The Bertz CT molecular complexity index is 921. The molecule has 0 saturated carbocycles. The molecule has 27 heavy (non-hydrogen) atoms. The Kier molecular flexibility index (Phi) is 6.59. The highest BCUT2D eigenvalue weighted by Crippen LogP contribution is 2.26. The van der Waals surface area contributed by atoms with Crippen molar-refractivity contribution in [1.82, 2.24) is 20.2 Å². The van der Waals surface area contributed by atoms with Crippen molar-refractivity contribution in [3.05, 3.63) is 52.8 Å². The smallest absolute Gasteiger partial charge is 0.277 e. The molecule has 3 rings (SSSR count). The van der Waals surface area contributed by atoms with Crippen molar-refractivity contribution < 1.29 is 4.79 Å². The average Bonchev–Trinajstić information content (AvgIpc) is 3.10. The lowest BCUT2D eigenvalue weighted by atomic mass is 10.2. The lowest BCUT2D eigenvalue weighted by Gasteiger charge is -2.17. The van der Waals surface area contributed by atoms with Crippen LogP contribution in [0.5, 0.6) is 0 Å².